The summed E-state index contributed by atoms with van der Waals surface area (Å²) in [5.74, 6) is 0.0882. The highest BCUT2D eigenvalue weighted by atomic mass is 32.2. The van der Waals surface area contributed by atoms with Gasteiger partial charge in [-0.15, -0.1) is 5.10 Å². The molecule has 1 amide bonds. The summed E-state index contributed by atoms with van der Waals surface area (Å²) in [6.45, 7) is 4.01. The number of carbonyl (C=O) groups excluding carboxylic acids is 2. The van der Waals surface area contributed by atoms with Gasteiger partial charge in [0.05, 0.1) is 5.75 Å². The van der Waals surface area contributed by atoms with Crippen molar-refractivity contribution < 1.29 is 9.59 Å². The fourth-order valence-corrected chi connectivity index (χ4v) is 4.05. The molecule has 0 aliphatic heterocycles. The number of rotatable bonds is 7. The second kappa shape index (κ2) is 10.3. The molecule has 3 aromatic carbocycles. The van der Waals surface area contributed by atoms with Crippen molar-refractivity contribution in [1.82, 2.24) is 14.8 Å². The lowest BCUT2D eigenvalue weighted by atomic mass is 10.1. The second-order valence-electron chi connectivity index (χ2n) is 7.51. The van der Waals surface area contributed by atoms with E-state index < -0.39 is 0 Å². The van der Waals surface area contributed by atoms with Crippen molar-refractivity contribution in [3.63, 3.8) is 0 Å². The summed E-state index contributed by atoms with van der Waals surface area (Å²) < 4.78 is 1.28. The molecule has 7 heteroatoms. The number of hydrogen-bond donors (Lipinski definition) is 1. The lowest BCUT2D eigenvalue weighted by molar-refractivity contribution is -0.113. The van der Waals surface area contributed by atoms with Crippen LogP contribution in [0.4, 0.5) is 5.69 Å². The molecule has 0 spiro atoms. The Kier molecular flexibility index (Phi) is 7.00. The quantitative estimate of drug-likeness (QED) is 0.385. The van der Waals surface area contributed by atoms with Crippen LogP contribution >= 0.6 is 11.8 Å². The van der Waals surface area contributed by atoms with Gasteiger partial charge < -0.3 is 5.32 Å². The second-order valence-corrected chi connectivity index (χ2v) is 8.46. The van der Waals surface area contributed by atoms with E-state index in [1.165, 1.54) is 16.4 Å². The zero-order valence-electron chi connectivity index (χ0n) is 18.5. The van der Waals surface area contributed by atoms with Crippen molar-refractivity contribution in [2.24, 2.45) is 0 Å². The van der Waals surface area contributed by atoms with E-state index in [0.717, 1.165) is 28.8 Å². The molecule has 1 heterocycles. The van der Waals surface area contributed by atoms with E-state index in [-0.39, 0.29) is 17.6 Å². The van der Waals surface area contributed by atoms with Crippen molar-refractivity contribution >= 4 is 29.3 Å². The fraction of sp³-hybridized carbons (Fsp3) is 0.154. The summed E-state index contributed by atoms with van der Waals surface area (Å²) in [5.41, 5.74) is 4.24. The van der Waals surface area contributed by atoms with Gasteiger partial charge in [-0.1, -0.05) is 84.9 Å². The molecule has 1 aromatic heterocycles. The Bertz CT molecular complexity index is 1270. The molecule has 0 radical (unpaired) electrons. The maximum atomic E-state index is 13.2. The van der Waals surface area contributed by atoms with Gasteiger partial charge in [-0.3, -0.25) is 9.59 Å². The molecule has 33 heavy (non-hydrogen) atoms. The predicted molar refractivity (Wildman–Crippen MR) is 132 cm³/mol. The van der Waals surface area contributed by atoms with Crippen molar-refractivity contribution in [2.75, 3.05) is 11.1 Å². The minimum atomic E-state index is -0.288. The molecule has 1 N–H and O–H groups in total. The van der Waals surface area contributed by atoms with Gasteiger partial charge in [-0.25, -0.2) is 4.98 Å². The lowest BCUT2D eigenvalue weighted by Gasteiger charge is -2.09. The average Bonchev–Trinajstić information content (AvgIpc) is 3.28. The van der Waals surface area contributed by atoms with Crippen LogP contribution in [-0.2, 0) is 11.2 Å². The summed E-state index contributed by atoms with van der Waals surface area (Å²) >= 11 is 1.19. The summed E-state index contributed by atoms with van der Waals surface area (Å²) in [6.07, 6.45) is 0.823. The number of aromatic nitrogens is 3. The van der Waals surface area contributed by atoms with Crippen molar-refractivity contribution in [1.29, 1.82) is 0 Å². The van der Waals surface area contributed by atoms with Gasteiger partial charge >= 0.3 is 0 Å². The molecular formula is C26H24N4O2S. The van der Waals surface area contributed by atoms with Crippen LogP contribution in [0.1, 0.15) is 28.4 Å². The van der Waals surface area contributed by atoms with Crippen LogP contribution in [0.2, 0.25) is 0 Å². The lowest BCUT2D eigenvalue weighted by Crippen LogP contribution is -2.18. The molecule has 4 aromatic rings. The zero-order chi connectivity index (χ0) is 23.2. The molecule has 166 valence electrons. The molecule has 0 aliphatic rings. The number of thioether (sulfide) groups is 1. The Balaban J connectivity index is 1.58. The molecule has 0 saturated carbocycles. The van der Waals surface area contributed by atoms with Crippen LogP contribution in [0.15, 0.2) is 84.0 Å². The number of amides is 1. The number of anilines is 1. The SMILES string of the molecule is CCc1ccccc1NC(=O)CSc1nc(-c2ccccc2)nn1C(=O)c1ccc(C)cc1. The first-order valence-electron chi connectivity index (χ1n) is 10.7. The van der Waals surface area contributed by atoms with Crippen LogP contribution in [-0.4, -0.2) is 32.3 Å². The van der Waals surface area contributed by atoms with Crippen LogP contribution in [0.5, 0.6) is 0 Å². The Morgan fingerprint density at radius 3 is 2.36 bits per heavy atom. The van der Waals surface area contributed by atoms with Gasteiger partial charge in [0.25, 0.3) is 5.91 Å². The third-order valence-electron chi connectivity index (χ3n) is 5.11. The third kappa shape index (κ3) is 5.38. The first kappa shape index (κ1) is 22.5. The van der Waals surface area contributed by atoms with E-state index in [9.17, 15) is 9.59 Å². The van der Waals surface area contributed by atoms with Gasteiger partial charge in [0.1, 0.15) is 0 Å². The van der Waals surface area contributed by atoms with Gasteiger partial charge in [-0.2, -0.15) is 4.68 Å². The Morgan fingerprint density at radius 1 is 0.939 bits per heavy atom. The molecule has 0 saturated heterocycles. The summed E-state index contributed by atoms with van der Waals surface area (Å²) in [7, 11) is 0. The van der Waals surface area contributed by atoms with Gasteiger partial charge in [0.15, 0.2) is 11.0 Å². The number of nitrogens with zero attached hydrogens (tertiary/aromatic N) is 3. The minimum absolute atomic E-state index is 0.103. The highest BCUT2D eigenvalue weighted by molar-refractivity contribution is 7.99. The van der Waals surface area contributed by atoms with Gasteiger partial charge in [-0.05, 0) is 37.1 Å². The summed E-state index contributed by atoms with van der Waals surface area (Å²) in [5, 5.41) is 7.80. The zero-order valence-corrected chi connectivity index (χ0v) is 19.3. The first-order valence-corrected chi connectivity index (χ1v) is 11.7. The highest BCUT2D eigenvalue weighted by Gasteiger charge is 2.20. The monoisotopic (exact) mass is 456 g/mol. The average molecular weight is 457 g/mol. The minimum Gasteiger partial charge on any atom is -0.325 e. The number of hydrogen-bond acceptors (Lipinski definition) is 5. The number of nitrogens with one attached hydrogen (secondary N) is 1. The molecule has 0 bridgehead atoms. The standard InChI is InChI=1S/C26H24N4O2S/c1-3-19-9-7-8-12-22(19)27-23(31)17-33-26-28-24(20-10-5-4-6-11-20)29-30(26)25(32)21-15-13-18(2)14-16-21/h4-16H,3,17H2,1-2H3,(H,27,31). The molecule has 0 atom stereocenters. The Labute approximate surface area is 197 Å². The van der Waals surface area contributed by atoms with E-state index in [0.29, 0.717) is 16.5 Å². The van der Waals surface area contributed by atoms with Crippen molar-refractivity contribution in [3.05, 3.63) is 95.6 Å². The smallest absolute Gasteiger partial charge is 0.280 e. The maximum absolute atomic E-state index is 13.2. The highest BCUT2D eigenvalue weighted by Crippen LogP contribution is 2.23. The molecule has 0 unspecified atom stereocenters. The Hall–Kier alpha value is -3.71. The summed E-state index contributed by atoms with van der Waals surface area (Å²) in [4.78, 5) is 30.4. The van der Waals surface area contributed by atoms with Crippen molar-refractivity contribution in [3.8, 4) is 11.4 Å². The van der Waals surface area contributed by atoms with Crippen molar-refractivity contribution in [2.45, 2.75) is 25.4 Å². The largest absolute Gasteiger partial charge is 0.325 e. The van der Waals surface area contributed by atoms with Gasteiger partial charge in [0, 0.05) is 16.8 Å². The van der Waals surface area contributed by atoms with E-state index in [4.69, 9.17) is 0 Å². The van der Waals surface area contributed by atoms with Crippen LogP contribution < -0.4 is 5.32 Å². The normalized spacial score (nSPS) is 10.7. The number of benzene rings is 3. The van der Waals surface area contributed by atoms with E-state index in [1.807, 2.05) is 80.6 Å². The van der Waals surface area contributed by atoms with Crippen LogP contribution in [0.3, 0.4) is 0 Å². The van der Waals surface area contributed by atoms with E-state index in [1.54, 1.807) is 12.1 Å². The number of aryl methyl sites for hydroxylation is 2. The Morgan fingerprint density at radius 2 is 1.64 bits per heavy atom. The van der Waals surface area contributed by atoms with Crippen LogP contribution in [0.25, 0.3) is 11.4 Å². The van der Waals surface area contributed by atoms with E-state index in [2.05, 4.69) is 15.4 Å². The molecule has 4 rings (SSSR count). The number of carbonyl (C=O) groups is 2. The predicted octanol–water partition coefficient (Wildman–Crippen LogP) is 5.24. The van der Waals surface area contributed by atoms with Gasteiger partial charge in [0.2, 0.25) is 5.91 Å². The maximum Gasteiger partial charge on any atom is 0.280 e. The molecule has 0 aliphatic carbocycles. The molecular weight excluding hydrogens is 432 g/mol. The summed E-state index contributed by atoms with van der Waals surface area (Å²) in [6, 6.07) is 24.5. The number of para-hydroxylation sites is 1. The molecule has 6 nitrogen and oxygen atoms in total. The fourth-order valence-electron chi connectivity index (χ4n) is 3.32. The first-order chi connectivity index (χ1) is 16.0. The van der Waals surface area contributed by atoms with E-state index >= 15 is 0 Å². The third-order valence-corrected chi connectivity index (χ3v) is 6.03. The topological polar surface area (TPSA) is 76.9 Å². The molecule has 0 fully saturated rings. The van der Waals surface area contributed by atoms with Crippen LogP contribution in [0, 0.1) is 6.92 Å².